The summed E-state index contributed by atoms with van der Waals surface area (Å²) < 4.78 is 1.09. The molecule has 25 heavy (non-hydrogen) atoms. The van der Waals surface area contributed by atoms with Gasteiger partial charge in [-0.25, -0.2) is 4.98 Å². The van der Waals surface area contributed by atoms with Gasteiger partial charge in [-0.2, -0.15) is 9.78 Å². The van der Waals surface area contributed by atoms with Gasteiger partial charge in [-0.1, -0.05) is 12.1 Å². The monoisotopic (exact) mass is 338 g/mol. The van der Waals surface area contributed by atoms with Crippen LogP contribution in [0.25, 0.3) is 10.9 Å². The maximum Gasteiger partial charge on any atom is 0.311 e. The molecular weight excluding hydrogens is 324 g/mol. The Morgan fingerprint density at radius 3 is 2.72 bits per heavy atom. The van der Waals surface area contributed by atoms with Gasteiger partial charge in [0.25, 0.3) is 5.56 Å². The number of nitro groups is 1. The molecule has 8 nitrogen and oxygen atoms in total. The minimum Gasteiger partial charge on any atom is -0.502 e. The van der Waals surface area contributed by atoms with Gasteiger partial charge in [0.2, 0.25) is 5.75 Å². The summed E-state index contributed by atoms with van der Waals surface area (Å²) in [7, 11) is 0. The summed E-state index contributed by atoms with van der Waals surface area (Å²) in [5, 5.41) is 25.5. The second-order valence-electron chi connectivity index (χ2n) is 5.52. The molecule has 0 spiro atoms. The highest BCUT2D eigenvalue weighted by Crippen LogP contribution is 2.30. The first-order chi connectivity index (χ1) is 11.9. The van der Waals surface area contributed by atoms with Crippen LogP contribution in [0.2, 0.25) is 0 Å². The number of hydrogen-bond acceptors (Lipinski definition) is 6. The Balaban J connectivity index is 2.14. The largest absolute Gasteiger partial charge is 0.502 e. The lowest BCUT2D eigenvalue weighted by Gasteiger charge is -2.06. The Morgan fingerprint density at radius 1 is 1.28 bits per heavy atom. The Hall–Kier alpha value is -3.55. The lowest BCUT2D eigenvalue weighted by Crippen LogP contribution is -2.20. The number of aromatic nitrogens is 2. The molecule has 0 saturated carbocycles. The molecule has 3 aromatic rings. The number of rotatable bonds is 3. The van der Waals surface area contributed by atoms with E-state index in [1.807, 2.05) is 0 Å². The molecule has 0 saturated heterocycles. The summed E-state index contributed by atoms with van der Waals surface area (Å²) in [5.74, 6) is -0.139. The van der Waals surface area contributed by atoms with Gasteiger partial charge in [-0.3, -0.25) is 14.9 Å². The fourth-order valence-electron chi connectivity index (χ4n) is 2.52. The van der Waals surface area contributed by atoms with Crippen LogP contribution in [0.3, 0.4) is 0 Å². The molecule has 0 fully saturated rings. The average molecular weight is 338 g/mol. The summed E-state index contributed by atoms with van der Waals surface area (Å²) in [6, 6.07) is 9.69. The highest BCUT2D eigenvalue weighted by molar-refractivity contribution is 5.86. The van der Waals surface area contributed by atoms with Gasteiger partial charge >= 0.3 is 5.69 Å². The normalized spacial score (nSPS) is 11.3. The van der Waals surface area contributed by atoms with E-state index in [1.165, 1.54) is 12.3 Å². The molecule has 0 radical (unpaired) electrons. The zero-order valence-electron chi connectivity index (χ0n) is 13.5. The minimum atomic E-state index is -0.672. The average Bonchev–Trinajstić information content (AvgIpc) is 2.57. The fraction of sp³-hybridized carbons (Fsp3) is 0.118. The summed E-state index contributed by atoms with van der Waals surface area (Å²) in [6.07, 6.45) is 1.21. The molecule has 0 aliphatic rings. The maximum absolute atomic E-state index is 12.5. The van der Waals surface area contributed by atoms with Gasteiger partial charge < -0.3 is 5.11 Å². The fourth-order valence-corrected chi connectivity index (χ4v) is 2.52. The zero-order chi connectivity index (χ0) is 18.1. The second-order valence-corrected chi connectivity index (χ2v) is 5.52. The van der Waals surface area contributed by atoms with E-state index in [4.69, 9.17) is 0 Å². The van der Waals surface area contributed by atoms with Crippen LogP contribution >= 0.6 is 0 Å². The topological polar surface area (TPSA) is 111 Å². The number of hydrogen-bond donors (Lipinski definition) is 1. The van der Waals surface area contributed by atoms with Crippen LogP contribution in [-0.2, 0) is 0 Å². The van der Waals surface area contributed by atoms with Gasteiger partial charge in [-0.05, 0) is 37.6 Å². The lowest BCUT2D eigenvalue weighted by molar-refractivity contribution is -0.385. The van der Waals surface area contributed by atoms with E-state index >= 15 is 0 Å². The zero-order valence-corrected chi connectivity index (χ0v) is 13.5. The van der Waals surface area contributed by atoms with Crippen molar-refractivity contribution in [2.45, 2.75) is 13.8 Å². The third kappa shape index (κ3) is 2.97. The second kappa shape index (κ2) is 6.16. The molecule has 1 heterocycles. The quantitative estimate of drug-likeness (QED) is 0.448. The molecule has 0 aliphatic heterocycles. The first-order valence-corrected chi connectivity index (χ1v) is 7.39. The van der Waals surface area contributed by atoms with Crippen molar-refractivity contribution < 1.29 is 10.0 Å². The standard InChI is InChI=1S/C17H14N4O4/c1-10-7-12(16(22)15(8-10)21(24)25)9-18-20-11(2)19-14-6-4-3-5-13(14)17(20)23/h3-9,22H,1-2H3/b18-9+. The Labute approximate surface area is 141 Å². The molecular formula is C17H14N4O4. The van der Waals surface area contributed by atoms with Crippen molar-refractivity contribution in [3.05, 3.63) is 73.8 Å². The lowest BCUT2D eigenvalue weighted by atomic mass is 10.1. The smallest absolute Gasteiger partial charge is 0.311 e. The summed E-state index contributed by atoms with van der Waals surface area (Å²) in [5.41, 5.74) is 0.520. The van der Waals surface area contributed by atoms with E-state index in [-0.39, 0.29) is 11.1 Å². The molecule has 0 bridgehead atoms. The molecule has 0 atom stereocenters. The van der Waals surface area contributed by atoms with Crippen LogP contribution in [0.15, 0.2) is 46.3 Å². The predicted octanol–water partition coefficient (Wildman–Crippen LogP) is 2.51. The highest BCUT2D eigenvalue weighted by atomic mass is 16.6. The van der Waals surface area contributed by atoms with Gasteiger partial charge in [0.1, 0.15) is 5.82 Å². The SMILES string of the molecule is Cc1cc(/C=N/n2c(C)nc3ccccc3c2=O)c(O)c([N+](=O)[O-])c1. The van der Waals surface area contributed by atoms with Crippen LogP contribution < -0.4 is 5.56 Å². The summed E-state index contributed by atoms with van der Waals surface area (Å²) in [4.78, 5) is 27.2. The van der Waals surface area contributed by atoms with Crippen molar-refractivity contribution in [1.82, 2.24) is 9.66 Å². The van der Waals surface area contributed by atoms with Gasteiger partial charge in [-0.15, -0.1) is 0 Å². The van der Waals surface area contributed by atoms with Crippen LogP contribution in [0.5, 0.6) is 5.75 Å². The van der Waals surface area contributed by atoms with Crippen molar-refractivity contribution in [1.29, 1.82) is 0 Å². The number of benzene rings is 2. The number of phenolic OH excluding ortho intramolecular Hbond substituents is 1. The van der Waals surface area contributed by atoms with Crippen LogP contribution in [0.1, 0.15) is 17.0 Å². The summed E-state index contributed by atoms with van der Waals surface area (Å²) in [6.45, 7) is 3.29. The summed E-state index contributed by atoms with van der Waals surface area (Å²) >= 11 is 0. The van der Waals surface area contributed by atoms with Crippen molar-refractivity contribution in [2.75, 3.05) is 0 Å². The van der Waals surface area contributed by atoms with Crippen molar-refractivity contribution in [3.8, 4) is 5.75 Å². The van der Waals surface area contributed by atoms with Crippen LogP contribution in [0.4, 0.5) is 5.69 Å². The van der Waals surface area contributed by atoms with Gasteiger partial charge in [0, 0.05) is 11.6 Å². The van der Waals surface area contributed by atoms with Crippen LogP contribution in [-0.4, -0.2) is 25.9 Å². The first-order valence-electron chi connectivity index (χ1n) is 7.39. The third-order valence-corrected chi connectivity index (χ3v) is 3.69. The van der Waals surface area contributed by atoms with Gasteiger partial charge in [0.15, 0.2) is 0 Å². The number of aryl methyl sites for hydroxylation is 2. The van der Waals surface area contributed by atoms with Gasteiger partial charge in [0.05, 0.1) is 22.0 Å². The molecule has 0 aliphatic carbocycles. The predicted molar refractivity (Wildman–Crippen MR) is 93.2 cm³/mol. The highest BCUT2D eigenvalue weighted by Gasteiger charge is 2.17. The Kier molecular flexibility index (Phi) is 4.02. The Bertz CT molecular complexity index is 1090. The molecule has 8 heteroatoms. The molecule has 0 unspecified atom stereocenters. The van der Waals surface area contributed by atoms with E-state index in [9.17, 15) is 20.0 Å². The van der Waals surface area contributed by atoms with Crippen LogP contribution in [0, 0.1) is 24.0 Å². The van der Waals surface area contributed by atoms with E-state index in [1.54, 1.807) is 44.2 Å². The molecule has 3 rings (SSSR count). The van der Waals surface area contributed by atoms with E-state index in [2.05, 4.69) is 10.1 Å². The Morgan fingerprint density at radius 2 is 2.00 bits per heavy atom. The van der Waals surface area contributed by atoms with E-state index < -0.39 is 16.4 Å². The molecule has 0 amide bonds. The third-order valence-electron chi connectivity index (χ3n) is 3.69. The number of nitrogens with zero attached hydrogens (tertiary/aromatic N) is 4. The van der Waals surface area contributed by atoms with E-state index in [0.717, 1.165) is 4.68 Å². The van der Waals surface area contributed by atoms with Crippen molar-refractivity contribution in [2.24, 2.45) is 5.10 Å². The number of aromatic hydroxyl groups is 1. The number of nitro benzene ring substituents is 1. The number of fused-ring (bicyclic) bond motifs is 1. The maximum atomic E-state index is 12.5. The molecule has 126 valence electrons. The van der Waals surface area contributed by atoms with Crippen molar-refractivity contribution >= 4 is 22.8 Å². The van der Waals surface area contributed by atoms with Crippen molar-refractivity contribution in [3.63, 3.8) is 0 Å². The first kappa shape index (κ1) is 16.3. The number of phenols is 1. The minimum absolute atomic E-state index is 0.145. The van der Waals surface area contributed by atoms with E-state index in [0.29, 0.717) is 22.3 Å². The molecule has 1 aromatic heterocycles. The number of para-hydroxylation sites is 1. The molecule has 1 N–H and O–H groups in total. The molecule has 2 aromatic carbocycles.